The van der Waals surface area contributed by atoms with E-state index in [9.17, 15) is 20.1 Å². The average molecular weight is 758 g/mol. The highest BCUT2D eigenvalue weighted by molar-refractivity contribution is 5.80. The standard InChI is InChI=1S/C49H91NO4/c1-3-5-7-9-11-13-15-17-19-21-23-24-25-26-28-30-32-34-36-38-40-42-44-48(53)49(54)50-46(45-51)47(52)43-41-39-37-35-33-31-29-27-22-20-18-16-14-12-10-8-6-4-2/h22,26-28,33,35,41,43,46-48,51-53H,3-21,23-25,29-32,34,36-40,42,44-45H2,1-2H3,(H,50,54)/b27-22+,28-26-,35-33+,43-41+. The summed E-state index contributed by atoms with van der Waals surface area (Å²) in [5.74, 6) is -0.522. The quantitative estimate of drug-likeness (QED) is 0.0369. The van der Waals surface area contributed by atoms with E-state index >= 15 is 0 Å². The predicted octanol–water partition coefficient (Wildman–Crippen LogP) is 13.7. The lowest BCUT2D eigenvalue weighted by atomic mass is 10.0. The number of hydrogen-bond acceptors (Lipinski definition) is 4. The number of carbonyl (C=O) groups excluding carboxylic acids is 1. The Balaban J connectivity index is 3.72. The molecule has 0 fully saturated rings. The zero-order valence-corrected chi connectivity index (χ0v) is 35.8. The van der Waals surface area contributed by atoms with E-state index in [4.69, 9.17) is 0 Å². The van der Waals surface area contributed by atoms with Crippen LogP contribution in [0.15, 0.2) is 48.6 Å². The van der Waals surface area contributed by atoms with E-state index in [1.165, 1.54) is 167 Å². The van der Waals surface area contributed by atoms with Crippen LogP contribution in [0.5, 0.6) is 0 Å². The largest absolute Gasteiger partial charge is 0.394 e. The van der Waals surface area contributed by atoms with Crippen molar-refractivity contribution in [2.45, 2.75) is 250 Å². The Labute approximate surface area is 336 Å². The van der Waals surface area contributed by atoms with Crippen molar-refractivity contribution >= 4 is 5.91 Å². The van der Waals surface area contributed by atoms with E-state index in [0.29, 0.717) is 6.42 Å². The van der Waals surface area contributed by atoms with E-state index in [-0.39, 0.29) is 6.61 Å². The van der Waals surface area contributed by atoms with Crippen LogP contribution in [0.3, 0.4) is 0 Å². The first kappa shape index (κ1) is 52.3. The highest BCUT2D eigenvalue weighted by Crippen LogP contribution is 2.14. The van der Waals surface area contributed by atoms with Gasteiger partial charge in [0.1, 0.15) is 6.10 Å². The Morgan fingerprint density at radius 3 is 1.13 bits per heavy atom. The topological polar surface area (TPSA) is 89.8 Å². The van der Waals surface area contributed by atoms with Crippen molar-refractivity contribution in [3.63, 3.8) is 0 Å². The molecule has 3 unspecified atom stereocenters. The molecular weight excluding hydrogens is 667 g/mol. The average Bonchev–Trinajstić information content (AvgIpc) is 3.18. The molecule has 0 spiro atoms. The maximum absolute atomic E-state index is 12.5. The van der Waals surface area contributed by atoms with Crippen molar-refractivity contribution in [2.75, 3.05) is 6.61 Å². The number of rotatable bonds is 42. The molecular formula is C49H91NO4. The molecule has 0 heterocycles. The molecule has 0 saturated carbocycles. The van der Waals surface area contributed by atoms with Gasteiger partial charge in [-0.3, -0.25) is 4.79 Å². The molecule has 0 aliphatic carbocycles. The minimum atomic E-state index is -1.12. The number of unbranched alkanes of at least 4 members (excludes halogenated alkanes) is 28. The zero-order chi connectivity index (χ0) is 39.4. The van der Waals surface area contributed by atoms with E-state index in [1.807, 2.05) is 6.08 Å². The zero-order valence-electron chi connectivity index (χ0n) is 35.8. The van der Waals surface area contributed by atoms with Crippen molar-refractivity contribution in [3.05, 3.63) is 48.6 Å². The summed E-state index contributed by atoms with van der Waals surface area (Å²) in [5, 5.41) is 33.2. The fourth-order valence-corrected chi connectivity index (χ4v) is 6.92. The first-order valence-electron chi connectivity index (χ1n) is 23.5. The Hall–Kier alpha value is -1.69. The van der Waals surface area contributed by atoms with Gasteiger partial charge in [0.2, 0.25) is 5.91 Å². The van der Waals surface area contributed by atoms with Crippen LogP contribution in [0, 0.1) is 0 Å². The van der Waals surface area contributed by atoms with Gasteiger partial charge in [-0.25, -0.2) is 0 Å². The number of nitrogens with one attached hydrogen (secondary N) is 1. The van der Waals surface area contributed by atoms with Gasteiger partial charge in [0.25, 0.3) is 0 Å². The molecule has 0 aromatic heterocycles. The van der Waals surface area contributed by atoms with Crippen LogP contribution in [-0.4, -0.2) is 46.1 Å². The van der Waals surface area contributed by atoms with Gasteiger partial charge in [-0.2, -0.15) is 0 Å². The Kier molecular flexibility index (Phi) is 42.7. The molecule has 0 aromatic rings. The molecule has 0 radical (unpaired) electrons. The summed E-state index contributed by atoms with van der Waals surface area (Å²) in [6.45, 7) is 4.17. The molecule has 1 amide bonds. The minimum Gasteiger partial charge on any atom is -0.394 e. The first-order chi connectivity index (χ1) is 26.6. The fourth-order valence-electron chi connectivity index (χ4n) is 6.92. The number of aliphatic hydroxyl groups is 3. The Bertz CT molecular complexity index is 881. The predicted molar refractivity (Wildman–Crippen MR) is 236 cm³/mol. The molecule has 3 atom stereocenters. The molecule has 0 aliphatic heterocycles. The lowest BCUT2D eigenvalue weighted by molar-refractivity contribution is -0.131. The third-order valence-corrected chi connectivity index (χ3v) is 10.6. The van der Waals surface area contributed by atoms with Gasteiger partial charge in [0.05, 0.1) is 18.8 Å². The van der Waals surface area contributed by atoms with Crippen molar-refractivity contribution in [1.82, 2.24) is 5.32 Å². The molecule has 0 aromatic carbocycles. The maximum atomic E-state index is 12.5. The van der Waals surface area contributed by atoms with E-state index < -0.39 is 24.2 Å². The summed E-state index contributed by atoms with van der Waals surface area (Å²) in [6, 6.07) is -0.824. The smallest absolute Gasteiger partial charge is 0.249 e. The van der Waals surface area contributed by atoms with Crippen LogP contribution < -0.4 is 5.32 Å². The number of amides is 1. The van der Waals surface area contributed by atoms with E-state index in [2.05, 4.69) is 55.6 Å². The molecule has 0 saturated heterocycles. The third-order valence-electron chi connectivity index (χ3n) is 10.6. The SMILES string of the molecule is CCCCCCCCCC/C=C/CC/C=C/CC/C=C/C(O)C(CO)NC(=O)C(O)CCCCCCCC/C=C\CCCCCCCCCCCCCC. The third kappa shape index (κ3) is 38.6. The molecule has 0 rings (SSSR count). The van der Waals surface area contributed by atoms with E-state index in [1.54, 1.807) is 6.08 Å². The van der Waals surface area contributed by atoms with Crippen LogP contribution in [0.1, 0.15) is 232 Å². The molecule has 0 aliphatic rings. The van der Waals surface area contributed by atoms with Gasteiger partial charge < -0.3 is 20.6 Å². The fraction of sp³-hybridized carbons (Fsp3) is 0.816. The second kappa shape index (κ2) is 44.0. The van der Waals surface area contributed by atoms with Gasteiger partial charge >= 0.3 is 0 Å². The molecule has 0 bridgehead atoms. The number of hydrogen-bond donors (Lipinski definition) is 4. The summed E-state index contributed by atoms with van der Waals surface area (Å²) in [7, 11) is 0. The second-order valence-electron chi connectivity index (χ2n) is 15.9. The minimum absolute atomic E-state index is 0.384. The summed E-state index contributed by atoms with van der Waals surface area (Å²) in [4.78, 5) is 12.5. The summed E-state index contributed by atoms with van der Waals surface area (Å²) >= 11 is 0. The highest BCUT2D eigenvalue weighted by atomic mass is 16.3. The Morgan fingerprint density at radius 2 is 0.759 bits per heavy atom. The second-order valence-corrected chi connectivity index (χ2v) is 15.9. The molecule has 5 heteroatoms. The molecule has 4 N–H and O–H groups in total. The first-order valence-corrected chi connectivity index (χ1v) is 23.5. The van der Waals surface area contributed by atoms with Gasteiger partial charge in [0, 0.05) is 0 Å². The summed E-state index contributed by atoms with van der Waals surface area (Å²) < 4.78 is 0. The van der Waals surface area contributed by atoms with Gasteiger partial charge in [0.15, 0.2) is 0 Å². The van der Waals surface area contributed by atoms with Crippen molar-refractivity contribution in [2.24, 2.45) is 0 Å². The van der Waals surface area contributed by atoms with E-state index in [0.717, 1.165) is 44.9 Å². The highest BCUT2D eigenvalue weighted by Gasteiger charge is 2.22. The lowest BCUT2D eigenvalue weighted by Crippen LogP contribution is -2.48. The van der Waals surface area contributed by atoms with Crippen molar-refractivity contribution < 1.29 is 20.1 Å². The van der Waals surface area contributed by atoms with Crippen LogP contribution in [0.25, 0.3) is 0 Å². The van der Waals surface area contributed by atoms with Crippen molar-refractivity contribution in [3.8, 4) is 0 Å². The number of allylic oxidation sites excluding steroid dienone is 7. The van der Waals surface area contributed by atoms with Crippen molar-refractivity contribution in [1.29, 1.82) is 0 Å². The number of aliphatic hydroxyl groups excluding tert-OH is 3. The molecule has 316 valence electrons. The summed E-state index contributed by atoms with van der Waals surface area (Å²) in [6.07, 6.45) is 57.2. The molecule has 54 heavy (non-hydrogen) atoms. The monoisotopic (exact) mass is 758 g/mol. The van der Waals surface area contributed by atoms with Crippen LogP contribution in [-0.2, 0) is 4.79 Å². The van der Waals surface area contributed by atoms with Gasteiger partial charge in [-0.05, 0) is 70.6 Å². The Morgan fingerprint density at radius 1 is 0.444 bits per heavy atom. The van der Waals surface area contributed by atoms with Gasteiger partial charge in [-0.1, -0.05) is 210 Å². The molecule has 5 nitrogen and oxygen atoms in total. The van der Waals surface area contributed by atoms with Crippen LogP contribution >= 0.6 is 0 Å². The van der Waals surface area contributed by atoms with Crippen LogP contribution in [0.2, 0.25) is 0 Å². The summed E-state index contributed by atoms with van der Waals surface area (Å²) in [5.41, 5.74) is 0. The lowest BCUT2D eigenvalue weighted by Gasteiger charge is -2.21. The van der Waals surface area contributed by atoms with Crippen LogP contribution in [0.4, 0.5) is 0 Å². The maximum Gasteiger partial charge on any atom is 0.249 e. The normalized spacial score (nSPS) is 13.9. The number of carbonyl (C=O) groups is 1. The van der Waals surface area contributed by atoms with Gasteiger partial charge in [-0.15, -0.1) is 0 Å².